The van der Waals surface area contributed by atoms with E-state index in [9.17, 15) is 8.78 Å². The third-order valence-electron chi connectivity index (χ3n) is 2.18. The normalized spacial score (nSPS) is 13.3. The molecule has 80 valence electrons. The van der Waals surface area contributed by atoms with Crippen LogP contribution in [0.25, 0.3) is 11.0 Å². The third-order valence-corrected chi connectivity index (χ3v) is 2.18. The van der Waals surface area contributed by atoms with E-state index in [1.807, 2.05) is 0 Å². The minimum absolute atomic E-state index is 0.0108. The highest BCUT2D eigenvalue weighted by atomic mass is 19.1. The van der Waals surface area contributed by atoms with E-state index in [4.69, 9.17) is 5.11 Å². The number of halogens is 2. The number of nitrogens with zero attached hydrogens (tertiary/aromatic N) is 3. The van der Waals surface area contributed by atoms with Gasteiger partial charge in [-0.1, -0.05) is 5.21 Å². The van der Waals surface area contributed by atoms with E-state index in [1.54, 1.807) is 6.92 Å². The molecule has 0 spiro atoms. The average molecular weight is 213 g/mol. The zero-order chi connectivity index (χ0) is 11.0. The Hall–Kier alpha value is -1.56. The van der Waals surface area contributed by atoms with E-state index >= 15 is 0 Å². The van der Waals surface area contributed by atoms with Crippen LogP contribution in [0.15, 0.2) is 12.1 Å². The van der Waals surface area contributed by atoms with Crippen molar-refractivity contribution in [3.05, 3.63) is 23.8 Å². The third kappa shape index (κ3) is 1.56. The Morgan fingerprint density at radius 3 is 2.87 bits per heavy atom. The lowest BCUT2D eigenvalue weighted by molar-refractivity contribution is 0.231. The van der Waals surface area contributed by atoms with Crippen LogP contribution in [-0.4, -0.2) is 26.7 Å². The second kappa shape index (κ2) is 3.54. The largest absolute Gasteiger partial charge is 0.394 e. The average Bonchev–Trinajstić information content (AvgIpc) is 2.60. The van der Waals surface area contributed by atoms with E-state index < -0.39 is 11.6 Å². The highest BCUT2D eigenvalue weighted by Crippen LogP contribution is 2.19. The van der Waals surface area contributed by atoms with Gasteiger partial charge in [0.05, 0.1) is 18.2 Å². The van der Waals surface area contributed by atoms with Crippen LogP contribution in [0.5, 0.6) is 0 Å². The first-order chi connectivity index (χ1) is 7.13. The molecule has 2 rings (SSSR count). The lowest BCUT2D eigenvalue weighted by Crippen LogP contribution is -2.10. The van der Waals surface area contributed by atoms with Gasteiger partial charge in [-0.2, -0.15) is 0 Å². The number of rotatable bonds is 2. The zero-order valence-corrected chi connectivity index (χ0v) is 7.98. The molecule has 1 N–H and O–H groups in total. The van der Waals surface area contributed by atoms with Crippen LogP contribution in [0.4, 0.5) is 8.78 Å². The first-order valence-corrected chi connectivity index (χ1v) is 4.44. The van der Waals surface area contributed by atoms with Crippen LogP contribution >= 0.6 is 0 Å². The molecule has 0 amide bonds. The molecule has 1 atom stereocenters. The van der Waals surface area contributed by atoms with Gasteiger partial charge in [-0.15, -0.1) is 5.10 Å². The molecular weight excluding hydrogens is 204 g/mol. The minimum atomic E-state index is -0.749. The molecule has 2 aromatic rings. The summed E-state index contributed by atoms with van der Waals surface area (Å²) in [4.78, 5) is 0. The van der Waals surface area contributed by atoms with Gasteiger partial charge in [-0.3, -0.25) is 0 Å². The van der Waals surface area contributed by atoms with Crippen molar-refractivity contribution in [3.63, 3.8) is 0 Å². The van der Waals surface area contributed by atoms with Gasteiger partial charge < -0.3 is 5.11 Å². The van der Waals surface area contributed by atoms with Crippen molar-refractivity contribution >= 4 is 11.0 Å². The van der Waals surface area contributed by atoms with E-state index in [-0.39, 0.29) is 23.7 Å². The van der Waals surface area contributed by atoms with Crippen LogP contribution in [-0.2, 0) is 0 Å². The van der Waals surface area contributed by atoms with Crippen LogP contribution in [0.2, 0.25) is 0 Å². The van der Waals surface area contributed by atoms with Gasteiger partial charge in [-0.25, -0.2) is 13.5 Å². The van der Waals surface area contributed by atoms with Crippen molar-refractivity contribution in [3.8, 4) is 0 Å². The summed E-state index contributed by atoms with van der Waals surface area (Å²) >= 11 is 0. The van der Waals surface area contributed by atoms with Gasteiger partial charge in [0.15, 0.2) is 5.82 Å². The van der Waals surface area contributed by atoms with E-state index in [1.165, 1.54) is 4.68 Å². The molecular formula is C9H9F2N3O. The number of aromatic nitrogens is 3. The van der Waals surface area contributed by atoms with Crippen molar-refractivity contribution in [1.29, 1.82) is 0 Å². The smallest absolute Gasteiger partial charge is 0.155 e. The fourth-order valence-corrected chi connectivity index (χ4v) is 1.37. The molecule has 0 aliphatic heterocycles. The van der Waals surface area contributed by atoms with E-state index in [0.717, 1.165) is 12.1 Å². The molecule has 1 aromatic heterocycles. The Kier molecular flexibility index (Phi) is 2.36. The topological polar surface area (TPSA) is 50.9 Å². The Labute approximate surface area is 84.1 Å². The molecule has 0 aliphatic carbocycles. The van der Waals surface area contributed by atoms with E-state index in [2.05, 4.69) is 10.3 Å². The Morgan fingerprint density at radius 2 is 2.20 bits per heavy atom. The monoisotopic (exact) mass is 213 g/mol. The van der Waals surface area contributed by atoms with Gasteiger partial charge in [-0.05, 0) is 6.92 Å². The fourth-order valence-electron chi connectivity index (χ4n) is 1.37. The molecule has 0 saturated heterocycles. The number of aliphatic hydroxyl groups is 1. The summed E-state index contributed by atoms with van der Waals surface area (Å²) in [6.45, 7) is 1.51. The second-order valence-electron chi connectivity index (χ2n) is 3.32. The maximum absolute atomic E-state index is 13.2. The van der Waals surface area contributed by atoms with Gasteiger partial charge in [0.25, 0.3) is 0 Å². The van der Waals surface area contributed by atoms with Gasteiger partial charge in [0, 0.05) is 12.1 Å². The molecule has 15 heavy (non-hydrogen) atoms. The Bertz CT molecular complexity index is 497. The van der Waals surface area contributed by atoms with E-state index in [0.29, 0.717) is 0 Å². The lowest BCUT2D eigenvalue weighted by Gasteiger charge is -2.08. The number of hydrogen-bond donors (Lipinski definition) is 1. The summed E-state index contributed by atoms with van der Waals surface area (Å²) in [5, 5.41) is 16.2. The molecule has 1 aromatic carbocycles. The van der Waals surface area contributed by atoms with Crippen LogP contribution < -0.4 is 0 Å². The molecule has 1 unspecified atom stereocenters. The van der Waals surface area contributed by atoms with Crippen LogP contribution in [0.3, 0.4) is 0 Å². The fraction of sp³-hybridized carbons (Fsp3) is 0.333. The summed E-state index contributed by atoms with van der Waals surface area (Å²) in [6.07, 6.45) is 0. The molecule has 0 saturated carbocycles. The first-order valence-electron chi connectivity index (χ1n) is 4.44. The maximum atomic E-state index is 13.2. The summed E-state index contributed by atoms with van der Waals surface area (Å²) < 4.78 is 27.5. The zero-order valence-electron chi connectivity index (χ0n) is 7.98. The van der Waals surface area contributed by atoms with Crippen molar-refractivity contribution in [2.75, 3.05) is 6.61 Å². The summed E-state index contributed by atoms with van der Waals surface area (Å²) in [6, 6.07) is 1.53. The van der Waals surface area contributed by atoms with Crippen molar-refractivity contribution in [2.45, 2.75) is 13.0 Å². The number of aliphatic hydroxyl groups excluding tert-OH is 1. The molecule has 1 heterocycles. The molecule has 0 fully saturated rings. The van der Waals surface area contributed by atoms with Gasteiger partial charge >= 0.3 is 0 Å². The van der Waals surface area contributed by atoms with Crippen LogP contribution in [0, 0.1) is 11.6 Å². The number of fused-ring (bicyclic) bond motifs is 1. The standard InChI is InChI=1S/C9H9F2N3O/c1-5(4-15)14-8-3-6(10)2-7(11)9(8)12-13-14/h2-3,5,15H,4H2,1H3. The number of benzene rings is 1. The highest BCUT2D eigenvalue weighted by molar-refractivity contribution is 5.75. The predicted molar refractivity (Wildman–Crippen MR) is 49.2 cm³/mol. The van der Waals surface area contributed by atoms with Crippen LogP contribution in [0.1, 0.15) is 13.0 Å². The number of hydrogen-bond acceptors (Lipinski definition) is 3. The summed E-state index contributed by atoms with van der Waals surface area (Å²) in [7, 11) is 0. The second-order valence-corrected chi connectivity index (χ2v) is 3.32. The van der Waals surface area contributed by atoms with Crippen molar-refractivity contribution in [1.82, 2.24) is 15.0 Å². The maximum Gasteiger partial charge on any atom is 0.155 e. The molecule has 0 aliphatic rings. The molecule has 0 radical (unpaired) electrons. The lowest BCUT2D eigenvalue weighted by atomic mass is 10.2. The SMILES string of the molecule is CC(CO)n1nnc2c(F)cc(F)cc21. The summed E-state index contributed by atoms with van der Waals surface area (Å²) in [5.74, 6) is -1.44. The molecule has 4 nitrogen and oxygen atoms in total. The van der Waals surface area contributed by atoms with Gasteiger partial charge in [0.2, 0.25) is 0 Å². The quantitative estimate of drug-likeness (QED) is 0.817. The molecule has 6 heteroatoms. The Balaban J connectivity index is 2.68. The molecule has 0 bridgehead atoms. The van der Waals surface area contributed by atoms with Crippen molar-refractivity contribution < 1.29 is 13.9 Å². The summed E-state index contributed by atoms with van der Waals surface area (Å²) in [5.41, 5.74) is 0.255. The first kappa shape index (κ1) is 9.97. The minimum Gasteiger partial charge on any atom is -0.394 e. The van der Waals surface area contributed by atoms with Crippen molar-refractivity contribution in [2.24, 2.45) is 0 Å². The van der Waals surface area contributed by atoms with Gasteiger partial charge in [0.1, 0.15) is 11.3 Å². The Morgan fingerprint density at radius 1 is 1.47 bits per heavy atom. The predicted octanol–water partition coefficient (Wildman–Crippen LogP) is 1.26. The highest BCUT2D eigenvalue weighted by Gasteiger charge is 2.14.